The fraction of sp³-hybridized carbons (Fsp3) is 0.611. The highest BCUT2D eigenvalue weighted by Crippen LogP contribution is 2.35. The molecule has 2 aromatic rings. The summed E-state index contributed by atoms with van der Waals surface area (Å²) in [7, 11) is 0. The Labute approximate surface area is 170 Å². The van der Waals surface area contributed by atoms with Gasteiger partial charge in [-0.15, -0.1) is 0 Å². The van der Waals surface area contributed by atoms with Crippen LogP contribution in [-0.2, 0) is 30.3 Å². The van der Waals surface area contributed by atoms with Gasteiger partial charge in [0, 0.05) is 26.8 Å². The van der Waals surface area contributed by atoms with Crippen LogP contribution in [0.25, 0.3) is 11.2 Å². The third kappa shape index (κ3) is 4.13. The van der Waals surface area contributed by atoms with E-state index in [0.717, 1.165) is 6.92 Å². The molecule has 0 radical (unpaired) electrons. The first-order chi connectivity index (χ1) is 14.3. The number of esters is 2. The summed E-state index contributed by atoms with van der Waals surface area (Å²) in [5.74, 6) is -1.32. The standard InChI is InChI=1S/C18H24FN5O6/c1-4-5-23-11-8-21-17(20)22-15(11)24(18(23)27)16-13(28-9(2)25)6-12(30-16)14(7-19)29-10(3)26/h8,12-14,16H,4-7H2,1-3H3,(H2,20,21,22)/t12?,13?,14-,16?/m0/s1. The van der Waals surface area contributed by atoms with Crippen LogP contribution in [-0.4, -0.2) is 56.0 Å². The van der Waals surface area contributed by atoms with Crippen LogP contribution < -0.4 is 11.4 Å². The van der Waals surface area contributed by atoms with Crippen molar-refractivity contribution < 1.29 is 28.2 Å². The van der Waals surface area contributed by atoms with E-state index in [1.54, 1.807) is 0 Å². The molecule has 3 rings (SSSR count). The zero-order valence-electron chi connectivity index (χ0n) is 16.9. The molecule has 3 unspecified atom stereocenters. The van der Waals surface area contributed by atoms with Gasteiger partial charge in [-0.2, -0.15) is 4.98 Å². The highest BCUT2D eigenvalue weighted by molar-refractivity contribution is 5.72. The van der Waals surface area contributed by atoms with Gasteiger partial charge in [0.1, 0.15) is 24.4 Å². The Bertz CT molecular complexity index is 1000. The number of halogens is 1. The first-order valence-corrected chi connectivity index (χ1v) is 9.55. The molecule has 0 bridgehead atoms. The molecule has 0 amide bonds. The van der Waals surface area contributed by atoms with Gasteiger partial charge in [0.2, 0.25) is 5.95 Å². The lowest BCUT2D eigenvalue weighted by Gasteiger charge is -2.21. The average molecular weight is 425 g/mol. The molecule has 164 valence electrons. The topological polar surface area (TPSA) is 141 Å². The molecule has 0 aromatic carbocycles. The van der Waals surface area contributed by atoms with Crippen LogP contribution in [0.3, 0.4) is 0 Å². The van der Waals surface area contributed by atoms with E-state index in [1.807, 2.05) is 6.92 Å². The number of hydrogen-bond donors (Lipinski definition) is 1. The van der Waals surface area contributed by atoms with Crippen molar-refractivity contribution in [2.24, 2.45) is 0 Å². The number of nitrogen functional groups attached to an aromatic ring is 1. The maximum absolute atomic E-state index is 13.5. The Morgan fingerprint density at radius 3 is 2.73 bits per heavy atom. The van der Waals surface area contributed by atoms with Gasteiger partial charge in [-0.3, -0.25) is 14.2 Å². The van der Waals surface area contributed by atoms with Crippen molar-refractivity contribution in [3.63, 3.8) is 0 Å². The summed E-state index contributed by atoms with van der Waals surface area (Å²) in [4.78, 5) is 44.2. The predicted octanol–water partition coefficient (Wildman–Crippen LogP) is 0.706. The summed E-state index contributed by atoms with van der Waals surface area (Å²) in [6, 6.07) is 0. The molecule has 2 N–H and O–H groups in total. The Morgan fingerprint density at radius 1 is 1.40 bits per heavy atom. The van der Waals surface area contributed by atoms with Gasteiger partial charge in [-0.25, -0.2) is 18.7 Å². The summed E-state index contributed by atoms with van der Waals surface area (Å²) in [6.45, 7) is 3.67. The van der Waals surface area contributed by atoms with Crippen LogP contribution in [0.1, 0.15) is 39.8 Å². The molecular formula is C18H24FN5O6. The number of rotatable bonds is 7. The molecule has 4 atom stereocenters. The summed E-state index contributed by atoms with van der Waals surface area (Å²) in [5.41, 5.74) is 5.89. The molecule has 0 saturated carbocycles. The van der Waals surface area contributed by atoms with Gasteiger partial charge < -0.3 is 19.9 Å². The minimum atomic E-state index is -1.20. The van der Waals surface area contributed by atoms with Gasteiger partial charge in [-0.1, -0.05) is 6.92 Å². The summed E-state index contributed by atoms with van der Waals surface area (Å²) in [6.07, 6.45) is -2.03. The second-order valence-corrected chi connectivity index (χ2v) is 6.99. The van der Waals surface area contributed by atoms with E-state index in [4.69, 9.17) is 19.9 Å². The van der Waals surface area contributed by atoms with Crippen LogP contribution in [0.2, 0.25) is 0 Å². The molecular weight excluding hydrogens is 401 g/mol. The quantitative estimate of drug-likeness (QED) is 0.635. The van der Waals surface area contributed by atoms with E-state index in [9.17, 15) is 18.8 Å². The van der Waals surface area contributed by atoms with Crippen LogP contribution in [0.5, 0.6) is 0 Å². The highest BCUT2D eigenvalue weighted by Gasteiger charge is 2.45. The van der Waals surface area contributed by atoms with Crippen molar-refractivity contribution in [1.29, 1.82) is 0 Å². The van der Waals surface area contributed by atoms with E-state index in [0.29, 0.717) is 18.5 Å². The van der Waals surface area contributed by atoms with Crippen molar-refractivity contribution >= 4 is 29.1 Å². The number of imidazole rings is 1. The van der Waals surface area contributed by atoms with Gasteiger partial charge >= 0.3 is 17.6 Å². The molecule has 30 heavy (non-hydrogen) atoms. The van der Waals surface area contributed by atoms with Gasteiger partial charge in [0.25, 0.3) is 0 Å². The third-order valence-electron chi connectivity index (χ3n) is 4.72. The molecule has 11 nitrogen and oxygen atoms in total. The normalized spacial score (nSPS) is 22.2. The van der Waals surface area contributed by atoms with Crippen molar-refractivity contribution in [1.82, 2.24) is 19.1 Å². The summed E-state index contributed by atoms with van der Waals surface area (Å²) in [5, 5.41) is 0. The number of hydrogen-bond acceptors (Lipinski definition) is 9. The van der Waals surface area contributed by atoms with Crippen molar-refractivity contribution in [2.45, 2.75) is 64.7 Å². The predicted molar refractivity (Wildman–Crippen MR) is 102 cm³/mol. The Kier molecular flexibility index (Phi) is 6.34. The first-order valence-electron chi connectivity index (χ1n) is 9.55. The molecule has 1 aliphatic heterocycles. The monoisotopic (exact) mass is 425 g/mol. The molecule has 3 heterocycles. The summed E-state index contributed by atoms with van der Waals surface area (Å²) < 4.78 is 32.4. The fourth-order valence-corrected chi connectivity index (χ4v) is 3.61. The smallest absolute Gasteiger partial charge is 0.332 e. The number of carbonyl (C=O) groups excluding carboxylic acids is 2. The number of ether oxygens (including phenoxy) is 3. The lowest BCUT2D eigenvalue weighted by Crippen LogP contribution is -2.34. The number of alkyl halides is 1. The number of aromatic nitrogens is 4. The second-order valence-electron chi connectivity index (χ2n) is 6.99. The maximum atomic E-state index is 13.5. The molecule has 12 heteroatoms. The van der Waals surface area contributed by atoms with Crippen LogP contribution in [0, 0.1) is 0 Å². The molecule has 0 spiro atoms. The second kappa shape index (κ2) is 8.78. The van der Waals surface area contributed by atoms with Gasteiger partial charge in [0.15, 0.2) is 18.0 Å². The Hall–Kier alpha value is -3.02. The number of carbonyl (C=O) groups is 2. The largest absolute Gasteiger partial charge is 0.458 e. The molecule has 0 aliphatic carbocycles. The van der Waals surface area contributed by atoms with E-state index in [-0.39, 0.29) is 18.0 Å². The van der Waals surface area contributed by atoms with E-state index in [2.05, 4.69) is 9.97 Å². The van der Waals surface area contributed by atoms with E-state index in [1.165, 1.54) is 22.3 Å². The number of anilines is 1. The zero-order valence-corrected chi connectivity index (χ0v) is 16.9. The van der Waals surface area contributed by atoms with Crippen molar-refractivity contribution in [2.75, 3.05) is 12.4 Å². The molecule has 2 aromatic heterocycles. The van der Waals surface area contributed by atoms with Crippen molar-refractivity contribution in [3.05, 3.63) is 16.7 Å². The van der Waals surface area contributed by atoms with Crippen LogP contribution in [0.15, 0.2) is 11.0 Å². The number of aryl methyl sites for hydroxylation is 1. The first kappa shape index (κ1) is 21.7. The average Bonchev–Trinajstić information content (AvgIpc) is 3.18. The fourth-order valence-electron chi connectivity index (χ4n) is 3.61. The lowest BCUT2D eigenvalue weighted by molar-refractivity contribution is -0.159. The molecule has 1 saturated heterocycles. The highest BCUT2D eigenvalue weighted by atomic mass is 19.1. The van der Waals surface area contributed by atoms with Crippen molar-refractivity contribution in [3.8, 4) is 0 Å². The third-order valence-corrected chi connectivity index (χ3v) is 4.72. The van der Waals surface area contributed by atoms with Gasteiger partial charge in [-0.05, 0) is 6.42 Å². The number of fused-ring (bicyclic) bond motifs is 1. The Morgan fingerprint density at radius 2 is 2.13 bits per heavy atom. The summed E-state index contributed by atoms with van der Waals surface area (Å²) >= 11 is 0. The molecule has 1 aliphatic rings. The maximum Gasteiger partial charge on any atom is 0.332 e. The molecule has 1 fully saturated rings. The minimum absolute atomic E-state index is 0.0274. The van der Waals surface area contributed by atoms with Crippen LogP contribution in [0.4, 0.5) is 10.3 Å². The Balaban J connectivity index is 2.09. The van der Waals surface area contributed by atoms with E-state index >= 15 is 0 Å². The zero-order chi connectivity index (χ0) is 22.0. The van der Waals surface area contributed by atoms with Crippen LogP contribution >= 0.6 is 0 Å². The number of nitrogens with two attached hydrogens (primary N) is 1. The lowest BCUT2D eigenvalue weighted by atomic mass is 10.1. The SMILES string of the molecule is CCCn1c(=O)n(C2OC([C@H](CF)OC(C)=O)CC2OC(C)=O)c2nc(N)ncc21. The number of nitrogens with zero attached hydrogens (tertiary/aromatic N) is 4. The van der Waals surface area contributed by atoms with E-state index < -0.39 is 48.8 Å². The van der Waals surface area contributed by atoms with Gasteiger partial charge in [0.05, 0.1) is 6.20 Å². The minimum Gasteiger partial charge on any atom is -0.458 e.